The number of aromatic nitrogens is 2. The van der Waals surface area contributed by atoms with Crippen LogP contribution in [0.15, 0.2) is 72.0 Å². The lowest BCUT2D eigenvalue weighted by Gasteiger charge is -2.04. The number of carbonyl (C=O) groups excluding carboxylic acids is 1. The zero-order valence-electron chi connectivity index (χ0n) is 13.6. The Kier molecular flexibility index (Phi) is 4.39. The fourth-order valence-corrected chi connectivity index (χ4v) is 3.67. The van der Waals surface area contributed by atoms with Gasteiger partial charge in [0.05, 0.1) is 5.69 Å². The highest BCUT2D eigenvalue weighted by molar-refractivity contribution is 7.99. The largest absolute Gasteiger partial charge is 0.325 e. The first-order valence-electron chi connectivity index (χ1n) is 8.12. The summed E-state index contributed by atoms with van der Waals surface area (Å²) in [5.41, 5.74) is 3.71. The number of amides is 1. The predicted octanol–water partition coefficient (Wildman–Crippen LogP) is 4.31. The molecular weight excluding hydrogens is 330 g/mol. The minimum atomic E-state index is -0.149. The van der Waals surface area contributed by atoms with Crippen molar-refractivity contribution in [1.29, 1.82) is 0 Å². The van der Waals surface area contributed by atoms with Gasteiger partial charge in [-0.3, -0.25) is 4.79 Å². The molecule has 0 bridgehead atoms. The molecule has 1 N–H and O–H groups in total. The molecule has 124 valence electrons. The highest BCUT2D eigenvalue weighted by atomic mass is 32.2. The molecule has 4 rings (SSSR count). The molecule has 0 saturated heterocycles. The molecular formula is C20H17N3OS. The Morgan fingerprint density at radius 1 is 1.16 bits per heavy atom. The van der Waals surface area contributed by atoms with E-state index in [1.165, 1.54) is 0 Å². The molecule has 3 aromatic rings. The Balaban J connectivity index is 1.47. The van der Waals surface area contributed by atoms with Gasteiger partial charge in [0.15, 0.2) is 5.16 Å². The van der Waals surface area contributed by atoms with Gasteiger partial charge in [0.2, 0.25) is 5.91 Å². The molecule has 1 aliphatic heterocycles. The monoisotopic (exact) mass is 347 g/mol. The fourth-order valence-electron chi connectivity index (χ4n) is 2.72. The van der Waals surface area contributed by atoms with Crippen molar-refractivity contribution in [2.24, 2.45) is 0 Å². The van der Waals surface area contributed by atoms with Crippen LogP contribution in [0, 0.1) is 0 Å². The van der Waals surface area contributed by atoms with E-state index in [0.29, 0.717) is 0 Å². The zero-order chi connectivity index (χ0) is 17.1. The normalized spacial score (nSPS) is 13.1. The Morgan fingerprint density at radius 2 is 2.04 bits per heavy atom. The van der Waals surface area contributed by atoms with E-state index in [2.05, 4.69) is 21.1 Å². The highest BCUT2D eigenvalue weighted by Crippen LogP contribution is 2.29. The van der Waals surface area contributed by atoms with Crippen molar-refractivity contribution < 1.29 is 4.79 Å². The molecule has 4 nitrogen and oxygen atoms in total. The van der Waals surface area contributed by atoms with Gasteiger partial charge in [-0.05, 0) is 23.8 Å². The van der Waals surface area contributed by atoms with Crippen LogP contribution in [0.2, 0.25) is 0 Å². The second-order valence-corrected chi connectivity index (χ2v) is 6.83. The topological polar surface area (TPSA) is 46.9 Å². The van der Waals surface area contributed by atoms with Gasteiger partial charge in [0.1, 0.15) is 0 Å². The molecule has 25 heavy (non-hydrogen) atoms. The Bertz CT molecular complexity index is 910. The first kappa shape index (κ1) is 15.7. The number of imidazole rings is 1. The lowest BCUT2D eigenvalue weighted by Crippen LogP contribution is -2.07. The first-order valence-corrected chi connectivity index (χ1v) is 9.11. The summed E-state index contributed by atoms with van der Waals surface area (Å²) in [5.74, 6) is 0.941. The molecule has 1 amide bonds. The van der Waals surface area contributed by atoms with E-state index < -0.39 is 0 Å². The van der Waals surface area contributed by atoms with Crippen LogP contribution >= 0.6 is 11.8 Å². The Morgan fingerprint density at radius 3 is 2.88 bits per heavy atom. The van der Waals surface area contributed by atoms with Crippen LogP contribution in [0.5, 0.6) is 0 Å². The quantitative estimate of drug-likeness (QED) is 0.716. The number of nitrogens with zero attached hydrogens (tertiary/aromatic N) is 2. The number of benzene rings is 2. The summed E-state index contributed by atoms with van der Waals surface area (Å²) in [5, 5.41) is 3.97. The van der Waals surface area contributed by atoms with Crippen LogP contribution in [-0.2, 0) is 11.3 Å². The first-order chi connectivity index (χ1) is 12.3. The lowest BCUT2D eigenvalue weighted by molar-refractivity contribution is -0.111. The number of carbonyl (C=O) groups is 1. The van der Waals surface area contributed by atoms with Gasteiger partial charge in [0.25, 0.3) is 0 Å². The summed E-state index contributed by atoms with van der Waals surface area (Å²) in [6.07, 6.45) is 5.42. The van der Waals surface area contributed by atoms with Gasteiger partial charge in [-0.2, -0.15) is 0 Å². The van der Waals surface area contributed by atoms with Crippen molar-refractivity contribution in [2.75, 3.05) is 11.1 Å². The Labute approximate surface area is 150 Å². The average molecular weight is 347 g/mol. The maximum absolute atomic E-state index is 12.1. The van der Waals surface area contributed by atoms with Crippen molar-refractivity contribution in [3.8, 4) is 11.3 Å². The maximum atomic E-state index is 12.1. The van der Waals surface area contributed by atoms with Crippen molar-refractivity contribution in [3.05, 3.63) is 72.4 Å². The van der Waals surface area contributed by atoms with Crippen LogP contribution in [0.25, 0.3) is 17.3 Å². The number of hydrogen-bond acceptors (Lipinski definition) is 3. The van der Waals surface area contributed by atoms with E-state index in [4.69, 9.17) is 0 Å². The SMILES string of the molecule is O=C(/C=C/c1ccccc1)Nc1cccc(-c2cn3c(n2)SCC3)c1. The molecule has 5 heteroatoms. The van der Waals surface area contributed by atoms with E-state index in [-0.39, 0.29) is 5.91 Å². The lowest BCUT2D eigenvalue weighted by atomic mass is 10.1. The number of aryl methyl sites for hydroxylation is 1. The summed E-state index contributed by atoms with van der Waals surface area (Å²) in [6.45, 7) is 1.01. The number of nitrogens with one attached hydrogen (secondary N) is 1. The van der Waals surface area contributed by atoms with Crippen LogP contribution in [0.4, 0.5) is 5.69 Å². The van der Waals surface area contributed by atoms with Crippen molar-refractivity contribution in [2.45, 2.75) is 11.7 Å². The Hall–Kier alpha value is -2.79. The molecule has 0 aliphatic carbocycles. The van der Waals surface area contributed by atoms with Gasteiger partial charge in [0, 0.05) is 35.8 Å². The second kappa shape index (κ2) is 6.99. The average Bonchev–Trinajstić information content (AvgIpc) is 3.23. The van der Waals surface area contributed by atoms with Gasteiger partial charge in [-0.25, -0.2) is 4.98 Å². The van der Waals surface area contributed by atoms with E-state index in [0.717, 1.165) is 40.0 Å². The molecule has 0 unspecified atom stereocenters. The van der Waals surface area contributed by atoms with E-state index >= 15 is 0 Å². The molecule has 0 atom stereocenters. The molecule has 0 radical (unpaired) electrons. The van der Waals surface area contributed by atoms with Crippen LogP contribution in [0.3, 0.4) is 0 Å². The molecule has 0 saturated carbocycles. The van der Waals surface area contributed by atoms with E-state index in [1.54, 1.807) is 23.9 Å². The molecule has 0 spiro atoms. The van der Waals surface area contributed by atoms with Crippen LogP contribution < -0.4 is 5.32 Å². The number of fused-ring (bicyclic) bond motifs is 1. The molecule has 1 aliphatic rings. The standard InChI is InChI=1S/C20H17N3OS/c24-19(10-9-15-5-2-1-3-6-15)21-17-8-4-7-16(13-17)18-14-23-11-12-25-20(23)22-18/h1-10,13-14H,11-12H2,(H,21,24)/b10-9+. The number of thioether (sulfide) groups is 1. The number of hydrogen-bond donors (Lipinski definition) is 1. The predicted molar refractivity (Wildman–Crippen MR) is 102 cm³/mol. The second-order valence-electron chi connectivity index (χ2n) is 5.76. The highest BCUT2D eigenvalue weighted by Gasteiger charge is 2.15. The molecule has 1 aromatic heterocycles. The van der Waals surface area contributed by atoms with Gasteiger partial charge in [-0.1, -0.05) is 54.2 Å². The minimum Gasteiger partial charge on any atom is -0.325 e. The summed E-state index contributed by atoms with van der Waals surface area (Å²) >= 11 is 1.78. The molecule has 2 heterocycles. The van der Waals surface area contributed by atoms with Gasteiger partial charge < -0.3 is 9.88 Å². The summed E-state index contributed by atoms with van der Waals surface area (Å²) < 4.78 is 2.17. The van der Waals surface area contributed by atoms with Gasteiger partial charge in [-0.15, -0.1) is 0 Å². The van der Waals surface area contributed by atoms with Crippen molar-refractivity contribution in [3.63, 3.8) is 0 Å². The third kappa shape index (κ3) is 3.67. The maximum Gasteiger partial charge on any atom is 0.248 e. The van der Waals surface area contributed by atoms with Crippen LogP contribution in [0.1, 0.15) is 5.56 Å². The van der Waals surface area contributed by atoms with E-state index in [9.17, 15) is 4.79 Å². The number of anilines is 1. The van der Waals surface area contributed by atoms with Gasteiger partial charge >= 0.3 is 0 Å². The third-order valence-corrected chi connectivity index (χ3v) is 4.93. The van der Waals surface area contributed by atoms with Crippen LogP contribution in [-0.4, -0.2) is 21.2 Å². The van der Waals surface area contributed by atoms with Crippen molar-refractivity contribution >= 4 is 29.4 Å². The summed E-state index contributed by atoms with van der Waals surface area (Å²) in [7, 11) is 0. The number of rotatable bonds is 4. The minimum absolute atomic E-state index is 0.149. The fraction of sp³-hybridized carbons (Fsp3) is 0.100. The third-order valence-electron chi connectivity index (χ3n) is 3.96. The van der Waals surface area contributed by atoms with E-state index in [1.807, 2.05) is 54.6 Å². The zero-order valence-corrected chi connectivity index (χ0v) is 14.4. The summed E-state index contributed by atoms with van der Waals surface area (Å²) in [4.78, 5) is 16.8. The smallest absolute Gasteiger partial charge is 0.248 e. The van der Waals surface area contributed by atoms with Crippen molar-refractivity contribution in [1.82, 2.24) is 9.55 Å². The summed E-state index contributed by atoms with van der Waals surface area (Å²) in [6, 6.07) is 17.5. The molecule has 2 aromatic carbocycles. The molecule has 0 fully saturated rings.